The van der Waals surface area contributed by atoms with Gasteiger partial charge in [-0.15, -0.1) is 0 Å². The molecule has 0 bridgehead atoms. The van der Waals surface area contributed by atoms with Gasteiger partial charge in [-0.1, -0.05) is 19.8 Å². The third-order valence-corrected chi connectivity index (χ3v) is 4.72. The highest BCUT2D eigenvalue weighted by molar-refractivity contribution is 7.07. The number of nitrogens with one attached hydrogen (secondary N) is 1. The van der Waals surface area contributed by atoms with Crippen molar-refractivity contribution < 1.29 is 14.7 Å². The first kappa shape index (κ1) is 14.1. The number of amides is 1. The van der Waals surface area contributed by atoms with Crippen LogP contribution in [0.4, 0.5) is 0 Å². The molecule has 2 unspecified atom stereocenters. The lowest BCUT2D eigenvalue weighted by atomic mass is 9.73. The van der Waals surface area contributed by atoms with Crippen molar-refractivity contribution in [2.45, 2.75) is 44.6 Å². The minimum Gasteiger partial charge on any atom is -0.479 e. The van der Waals surface area contributed by atoms with Gasteiger partial charge >= 0.3 is 5.97 Å². The van der Waals surface area contributed by atoms with E-state index < -0.39 is 11.5 Å². The van der Waals surface area contributed by atoms with Crippen LogP contribution in [0.15, 0.2) is 16.8 Å². The van der Waals surface area contributed by atoms with Crippen molar-refractivity contribution in [1.82, 2.24) is 5.32 Å². The summed E-state index contributed by atoms with van der Waals surface area (Å²) in [4.78, 5) is 23.7. The SMILES string of the molecule is CC1CCCCC1(NC(=O)Cc1ccsc1)C(=O)O. The fourth-order valence-corrected chi connectivity index (χ4v) is 3.44. The first-order chi connectivity index (χ1) is 9.04. The highest BCUT2D eigenvalue weighted by atomic mass is 32.1. The molecule has 0 aliphatic heterocycles. The third-order valence-electron chi connectivity index (χ3n) is 3.99. The average molecular weight is 281 g/mol. The van der Waals surface area contributed by atoms with Crippen molar-refractivity contribution in [3.05, 3.63) is 22.4 Å². The monoisotopic (exact) mass is 281 g/mol. The van der Waals surface area contributed by atoms with Crippen LogP contribution in [-0.2, 0) is 16.0 Å². The summed E-state index contributed by atoms with van der Waals surface area (Å²) in [6, 6.07) is 1.89. The van der Waals surface area contributed by atoms with Gasteiger partial charge in [0.2, 0.25) is 5.91 Å². The Morgan fingerprint density at radius 2 is 2.32 bits per heavy atom. The summed E-state index contributed by atoms with van der Waals surface area (Å²) in [7, 11) is 0. The van der Waals surface area contributed by atoms with Crippen LogP contribution in [0.2, 0.25) is 0 Å². The largest absolute Gasteiger partial charge is 0.479 e. The van der Waals surface area contributed by atoms with Crippen molar-refractivity contribution in [3.8, 4) is 0 Å². The fourth-order valence-electron chi connectivity index (χ4n) is 2.78. The molecule has 5 heteroatoms. The van der Waals surface area contributed by atoms with E-state index in [1.165, 1.54) is 11.3 Å². The van der Waals surface area contributed by atoms with Gasteiger partial charge in [0.1, 0.15) is 5.54 Å². The van der Waals surface area contributed by atoms with Crippen molar-refractivity contribution in [3.63, 3.8) is 0 Å². The molecule has 2 N–H and O–H groups in total. The number of carboxylic acids is 1. The van der Waals surface area contributed by atoms with E-state index in [0.29, 0.717) is 6.42 Å². The van der Waals surface area contributed by atoms with Gasteiger partial charge < -0.3 is 10.4 Å². The molecule has 0 radical (unpaired) electrons. The molecular formula is C14H19NO3S. The highest BCUT2D eigenvalue weighted by Crippen LogP contribution is 2.34. The predicted octanol–water partition coefficient (Wildman–Crippen LogP) is 2.44. The Morgan fingerprint density at radius 1 is 1.53 bits per heavy atom. The van der Waals surface area contributed by atoms with Gasteiger partial charge in [0.05, 0.1) is 6.42 Å². The summed E-state index contributed by atoms with van der Waals surface area (Å²) in [5.74, 6) is -1.13. The lowest BCUT2D eigenvalue weighted by molar-refractivity contribution is -0.151. The topological polar surface area (TPSA) is 66.4 Å². The molecule has 1 heterocycles. The lowest BCUT2D eigenvalue weighted by Gasteiger charge is -2.39. The number of hydrogen-bond acceptors (Lipinski definition) is 3. The molecule has 104 valence electrons. The molecule has 1 aromatic rings. The molecule has 1 aliphatic carbocycles. The standard InChI is InChI=1S/C14H19NO3S/c1-10-4-2-3-6-14(10,13(17)18)15-12(16)8-11-5-7-19-9-11/h5,7,9-10H,2-4,6,8H2,1H3,(H,15,16)(H,17,18). The molecule has 0 aromatic carbocycles. The quantitative estimate of drug-likeness (QED) is 0.891. The van der Waals surface area contributed by atoms with Gasteiger partial charge in [0, 0.05) is 0 Å². The van der Waals surface area contributed by atoms with Gasteiger partial charge in [-0.2, -0.15) is 11.3 Å². The Hall–Kier alpha value is -1.36. The maximum atomic E-state index is 12.1. The Kier molecular flexibility index (Phi) is 4.24. The normalized spacial score (nSPS) is 26.9. The summed E-state index contributed by atoms with van der Waals surface area (Å²) in [5, 5.41) is 16.1. The summed E-state index contributed by atoms with van der Waals surface area (Å²) < 4.78 is 0. The van der Waals surface area contributed by atoms with Crippen LogP contribution in [0.25, 0.3) is 0 Å². The zero-order chi connectivity index (χ0) is 13.9. The number of carboxylic acid groups (broad SMARTS) is 1. The van der Waals surface area contributed by atoms with E-state index in [1.807, 2.05) is 23.8 Å². The molecule has 19 heavy (non-hydrogen) atoms. The van der Waals surface area contributed by atoms with Crippen LogP contribution in [0.5, 0.6) is 0 Å². The van der Waals surface area contributed by atoms with E-state index in [2.05, 4.69) is 5.32 Å². The van der Waals surface area contributed by atoms with Crippen molar-refractivity contribution in [2.75, 3.05) is 0 Å². The minimum absolute atomic E-state index is 0.0230. The van der Waals surface area contributed by atoms with Crippen LogP contribution in [0.1, 0.15) is 38.2 Å². The van der Waals surface area contributed by atoms with E-state index in [-0.39, 0.29) is 18.2 Å². The van der Waals surface area contributed by atoms with Crippen LogP contribution in [-0.4, -0.2) is 22.5 Å². The number of carbonyl (C=O) groups is 2. The number of carbonyl (C=O) groups excluding carboxylic acids is 1. The molecule has 0 saturated heterocycles. The second-order valence-corrected chi connectivity index (χ2v) is 6.06. The maximum absolute atomic E-state index is 12.1. The fraction of sp³-hybridized carbons (Fsp3) is 0.571. The van der Waals surface area contributed by atoms with E-state index in [1.54, 1.807) is 0 Å². The Balaban J connectivity index is 2.08. The Morgan fingerprint density at radius 3 is 2.89 bits per heavy atom. The minimum atomic E-state index is -1.08. The van der Waals surface area contributed by atoms with Crippen LogP contribution >= 0.6 is 11.3 Å². The zero-order valence-electron chi connectivity index (χ0n) is 11.0. The van der Waals surface area contributed by atoms with Gasteiger partial charge in [-0.25, -0.2) is 4.79 Å². The van der Waals surface area contributed by atoms with Crippen molar-refractivity contribution in [1.29, 1.82) is 0 Å². The first-order valence-electron chi connectivity index (χ1n) is 6.60. The molecule has 2 rings (SSSR count). The molecule has 2 atom stereocenters. The number of hydrogen-bond donors (Lipinski definition) is 2. The summed E-state index contributed by atoms with van der Waals surface area (Å²) in [6.45, 7) is 1.91. The summed E-state index contributed by atoms with van der Waals surface area (Å²) in [5.41, 5.74) is -0.141. The zero-order valence-corrected chi connectivity index (χ0v) is 11.8. The second-order valence-electron chi connectivity index (χ2n) is 5.28. The van der Waals surface area contributed by atoms with E-state index >= 15 is 0 Å². The summed E-state index contributed by atoms with van der Waals surface area (Å²) in [6.07, 6.45) is 3.53. The van der Waals surface area contributed by atoms with Gasteiger partial charge in [-0.05, 0) is 41.1 Å². The Bertz CT molecular complexity index is 457. The number of thiophene rings is 1. The summed E-state index contributed by atoms with van der Waals surface area (Å²) >= 11 is 1.54. The second kappa shape index (κ2) is 5.74. The average Bonchev–Trinajstić information content (AvgIpc) is 2.84. The molecular weight excluding hydrogens is 262 g/mol. The Labute approximate surface area is 116 Å². The lowest BCUT2D eigenvalue weighted by Crippen LogP contribution is -2.60. The van der Waals surface area contributed by atoms with Gasteiger partial charge in [0.25, 0.3) is 0 Å². The predicted molar refractivity (Wildman–Crippen MR) is 74.2 cm³/mol. The van der Waals surface area contributed by atoms with E-state index in [9.17, 15) is 14.7 Å². The van der Waals surface area contributed by atoms with Gasteiger partial charge in [0.15, 0.2) is 0 Å². The first-order valence-corrected chi connectivity index (χ1v) is 7.54. The number of rotatable bonds is 4. The van der Waals surface area contributed by atoms with E-state index in [4.69, 9.17) is 0 Å². The molecule has 1 amide bonds. The molecule has 1 saturated carbocycles. The van der Waals surface area contributed by atoms with Crippen molar-refractivity contribution >= 4 is 23.2 Å². The molecule has 1 aliphatic rings. The number of aliphatic carboxylic acids is 1. The van der Waals surface area contributed by atoms with E-state index in [0.717, 1.165) is 24.8 Å². The molecule has 1 fully saturated rings. The molecule has 1 aromatic heterocycles. The third kappa shape index (κ3) is 2.97. The molecule has 4 nitrogen and oxygen atoms in total. The maximum Gasteiger partial charge on any atom is 0.329 e. The smallest absolute Gasteiger partial charge is 0.329 e. The van der Waals surface area contributed by atoms with Crippen LogP contribution < -0.4 is 5.32 Å². The van der Waals surface area contributed by atoms with Gasteiger partial charge in [-0.3, -0.25) is 4.79 Å². The molecule has 0 spiro atoms. The van der Waals surface area contributed by atoms with Crippen molar-refractivity contribution in [2.24, 2.45) is 5.92 Å². The highest BCUT2D eigenvalue weighted by Gasteiger charge is 2.46. The van der Waals surface area contributed by atoms with Crippen LogP contribution in [0.3, 0.4) is 0 Å². The van der Waals surface area contributed by atoms with Crippen LogP contribution in [0, 0.1) is 5.92 Å².